The molecule has 0 saturated carbocycles. The quantitative estimate of drug-likeness (QED) is 0.678. The lowest BCUT2D eigenvalue weighted by Crippen LogP contribution is -1.84. The molecule has 0 radical (unpaired) electrons. The fourth-order valence-corrected chi connectivity index (χ4v) is 3.07. The van der Waals surface area contributed by atoms with Gasteiger partial charge >= 0.3 is 0 Å². The van der Waals surface area contributed by atoms with E-state index in [-0.39, 0.29) is 0 Å². The summed E-state index contributed by atoms with van der Waals surface area (Å²) in [4.78, 5) is 8.14. The molecule has 3 rings (SSSR count). The summed E-state index contributed by atoms with van der Waals surface area (Å²) in [7, 11) is 0. The van der Waals surface area contributed by atoms with Gasteiger partial charge in [-0.3, -0.25) is 0 Å². The lowest BCUT2D eigenvalue weighted by molar-refractivity contribution is 1.30. The maximum Gasteiger partial charge on any atom is 0.138 e. The molecule has 1 aromatic heterocycles. The van der Waals surface area contributed by atoms with Crippen LogP contribution in [-0.4, -0.2) is 9.97 Å². The van der Waals surface area contributed by atoms with Crippen LogP contribution in [0.5, 0.6) is 0 Å². The average Bonchev–Trinajstić information content (AvgIpc) is 2.71. The number of halogens is 1. The molecule has 3 heteroatoms. The van der Waals surface area contributed by atoms with Crippen LogP contribution >= 0.6 is 15.9 Å². The summed E-state index contributed by atoms with van der Waals surface area (Å²) in [6.07, 6.45) is 0. The predicted molar refractivity (Wildman–Crippen MR) is 83.4 cm³/mol. The number of aromatic amines is 1. The standard InChI is InChI=1S/C16H15BrN2/c1-9-4-10(2)6-12(5-9)16-18-14-8-13(17)7-11(3)15(14)19-16/h4-8H,1-3H3,(H,18,19). The summed E-state index contributed by atoms with van der Waals surface area (Å²) in [5.41, 5.74) is 6.94. The van der Waals surface area contributed by atoms with Crippen molar-refractivity contribution in [2.45, 2.75) is 20.8 Å². The van der Waals surface area contributed by atoms with E-state index in [4.69, 9.17) is 4.98 Å². The Balaban J connectivity index is 2.23. The van der Waals surface area contributed by atoms with Crippen molar-refractivity contribution in [2.24, 2.45) is 0 Å². The Labute approximate surface area is 121 Å². The van der Waals surface area contributed by atoms with Gasteiger partial charge in [0.15, 0.2) is 0 Å². The van der Waals surface area contributed by atoms with Gasteiger partial charge in [-0.1, -0.05) is 33.1 Å². The maximum atomic E-state index is 4.73. The zero-order chi connectivity index (χ0) is 13.6. The highest BCUT2D eigenvalue weighted by Gasteiger charge is 2.08. The number of rotatable bonds is 1. The van der Waals surface area contributed by atoms with E-state index in [1.165, 1.54) is 16.7 Å². The van der Waals surface area contributed by atoms with E-state index < -0.39 is 0 Å². The topological polar surface area (TPSA) is 28.7 Å². The molecule has 0 fully saturated rings. The number of aromatic nitrogens is 2. The van der Waals surface area contributed by atoms with Crippen LogP contribution in [0.4, 0.5) is 0 Å². The first kappa shape index (κ1) is 12.4. The van der Waals surface area contributed by atoms with E-state index in [0.29, 0.717) is 0 Å². The maximum absolute atomic E-state index is 4.73. The monoisotopic (exact) mass is 314 g/mol. The molecule has 0 unspecified atom stereocenters. The largest absolute Gasteiger partial charge is 0.338 e. The third kappa shape index (κ3) is 2.30. The lowest BCUT2D eigenvalue weighted by atomic mass is 10.1. The smallest absolute Gasteiger partial charge is 0.138 e. The second-order valence-corrected chi connectivity index (χ2v) is 6.00. The highest BCUT2D eigenvalue weighted by atomic mass is 79.9. The number of imidazole rings is 1. The minimum absolute atomic E-state index is 0.933. The van der Waals surface area contributed by atoms with Gasteiger partial charge in [-0.25, -0.2) is 4.98 Å². The molecule has 96 valence electrons. The highest BCUT2D eigenvalue weighted by molar-refractivity contribution is 9.10. The zero-order valence-corrected chi connectivity index (χ0v) is 12.8. The summed E-state index contributed by atoms with van der Waals surface area (Å²) in [6, 6.07) is 10.7. The predicted octanol–water partition coefficient (Wildman–Crippen LogP) is 4.92. The van der Waals surface area contributed by atoms with Gasteiger partial charge in [-0.15, -0.1) is 0 Å². The first-order chi connectivity index (χ1) is 9.02. The summed E-state index contributed by atoms with van der Waals surface area (Å²) < 4.78 is 1.08. The van der Waals surface area contributed by atoms with Crippen molar-refractivity contribution in [3.05, 3.63) is 51.5 Å². The van der Waals surface area contributed by atoms with E-state index in [1.54, 1.807) is 0 Å². The summed E-state index contributed by atoms with van der Waals surface area (Å²) in [6.45, 7) is 6.31. The molecule has 2 nitrogen and oxygen atoms in total. The summed E-state index contributed by atoms with van der Waals surface area (Å²) in [5, 5.41) is 0. The van der Waals surface area contributed by atoms with Crippen LogP contribution < -0.4 is 0 Å². The van der Waals surface area contributed by atoms with Gasteiger partial charge in [-0.05, 0) is 50.6 Å². The molecule has 19 heavy (non-hydrogen) atoms. The molecular weight excluding hydrogens is 300 g/mol. The number of fused-ring (bicyclic) bond motifs is 1. The fraction of sp³-hybridized carbons (Fsp3) is 0.188. The number of benzene rings is 2. The van der Waals surface area contributed by atoms with Crippen molar-refractivity contribution in [3.8, 4) is 11.4 Å². The Morgan fingerprint density at radius 2 is 1.63 bits per heavy atom. The highest BCUT2D eigenvalue weighted by Crippen LogP contribution is 2.26. The Hall–Kier alpha value is -1.61. The number of aryl methyl sites for hydroxylation is 3. The molecule has 0 atom stereocenters. The molecule has 0 spiro atoms. The Morgan fingerprint density at radius 1 is 0.947 bits per heavy atom. The van der Waals surface area contributed by atoms with Crippen molar-refractivity contribution in [3.63, 3.8) is 0 Å². The van der Waals surface area contributed by atoms with Crippen LogP contribution in [0.3, 0.4) is 0 Å². The van der Waals surface area contributed by atoms with Gasteiger partial charge < -0.3 is 4.98 Å². The van der Waals surface area contributed by atoms with Crippen molar-refractivity contribution in [2.75, 3.05) is 0 Å². The van der Waals surface area contributed by atoms with E-state index >= 15 is 0 Å². The van der Waals surface area contributed by atoms with E-state index in [9.17, 15) is 0 Å². The van der Waals surface area contributed by atoms with Crippen LogP contribution in [0.1, 0.15) is 16.7 Å². The third-order valence-electron chi connectivity index (χ3n) is 3.24. The van der Waals surface area contributed by atoms with Crippen LogP contribution in [0.2, 0.25) is 0 Å². The van der Waals surface area contributed by atoms with E-state index in [0.717, 1.165) is 26.9 Å². The summed E-state index contributed by atoms with van der Waals surface area (Å²) >= 11 is 3.52. The third-order valence-corrected chi connectivity index (χ3v) is 3.69. The first-order valence-corrected chi connectivity index (χ1v) is 7.07. The molecule has 0 amide bonds. The van der Waals surface area contributed by atoms with Gasteiger partial charge in [0, 0.05) is 10.0 Å². The van der Waals surface area contributed by atoms with E-state index in [1.807, 2.05) is 0 Å². The second kappa shape index (κ2) is 4.49. The Morgan fingerprint density at radius 3 is 2.32 bits per heavy atom. The number of hydrogen-bond donors (Lipinski definition) is 1. The summed E-state index contributed by atoms with van der Waals surface area (Å²) in [5.74, 6) is 0.933. The normalized spacial score (nSPS) is 11.2. The number of hydrogen-bond acceptors (Lipinski definition) is 1. The van der Waals surface area contributed by atoms with Gasteiger partial charge in [0.25, 0.3) is 0 Å². The van der Waals surface area contributed by atoms with Crippen LogP contribution in [-0.2, 0) is 0 Å². The van der Waals surface area contributed by atoms with Gasteiger partial charge in [0.2, 0.25) is 0 Å². The minimum Gasteiger partial charge on any atom is -0.338 e. The van der Waals surface area contributed by atoms with Crippen LogP contribution in [0, 0.1) is 20.8 Å². The molecule has 0 aliphatic heterocycles. The number of nitrogens with zero attached hydrogens (tertiary/aromatic N) is 1. The SMILES string of the molecule is Cc1cc(C)cc(-c2nc3c(C)cc(Br)cc3[nH]2)c1. The van der Waals surface area contributed by atoms with E-state index in [2.05, 4.69) is 72.0 Å². The Bertz CT molecular complexity index is 752. The Kier molecular flexibility index (Phi) is 2.94. The molecule has 1 N–H and O–H groups in total. The second-order valence-electron chi connectivity index (χ2n) is 5.08. The molecule has 0 bridgehead atoms. The molecule has 1 heterocycles. The van der Waals surface area contributed by atoms with Crippen molar-refractivity contribution < 1.29 is 0 Å². The molecule has 0 aliphatic carbocycles. The van der Waals surface area contributed by atoms with Crippen LogP contribution in [0.25, 0.3) is 22.4 Å². The molecular formula is C16H15BrN2. The molecule has 0 aliphatic rings. The first-order valence-electron chi connectivity index (χ1n) is 6.27. The van der Waals surface area contributed by atoms with Gasteiger partial charge in [0.1, 0.15) is 5.82 Å². The van der Waals surface area contributed by atoms with Crippen molar-refractivity contribution in [1.82, 2.24) is 9.97 Å². The molecule has 2 aromatic carbocycles. The fourth-order valence-electron chi connectivity index (χ4n) is 2.49. The average molecular weight is 315 g/mol. The number of nitrogens with one attached hydrogen (secondary N) is 1. The van der Waals surface area contributed by atoms with Gasteiger partial charge in [-0.2, -0.15) is 0 Å². The van der Waals surface area contributed by atoms with Crippen molar-refractivity contribution >= 4 is 27.0 Å². The minimum atomic E-state index is 0.933. The molecule has 3 aromatic rings. The lowest BCUT2D eigenvalue weighted by Gasteiger charge is -2.01. The van der Waals surface area contributed by atoms with Crippen molar-refractivity contribution in [1.29, 1.82) is 0 Å². The van der Waals surface area contributed by atoms with Crippen LogP contribution in [0.15, 0.2) is 34.8 Å². The molecule has 0 saturated heterocycles. The number of H-pyrrole nitrogens is 1. The van der Waals surface area contributed by atoms with Gasteiger partial charge in [0.05, 0.1) is 11.0 Å². The zero-order valence-electron chi connectivity index (χ0n) is 11.2.